The van der Waals surface area contributed by atoms with E-state index in [1.165, 1.54) is 23.1 Å². The number of hydrogen-bond donors (Lipinski definition) is 2. The summed E-state index contributed by atoms with van der Waals surface area (Å²) in [5.74, 6) is -1.92. The van der Waals surface area contributed by atoms with Crippen LogP contribution in [0, 0.1) is 0 Å². The van der Waals surface area contributed by atoms with Crippen molar-refractivity contribution in [2.24, 2.45) is 0 Å². The van der Waals surface area contributed by atoms with Crippen LogP contribution >= 0.6 is 23.1 Å². The van der Waals surface area contributed by atoms with Crippen molar-refractivity contribution in [1.82, 2.24) is 10.2 Å². The number of thioether (sulfide) groups is 1. The summed E-state index contributed by atoms with van der Waals surface area (Å²) in [6.07, 6.45) is 0.177. The molecule has 9 heteroatoms. The molecule has 122 valence electrons. The fourth-order valence-corrected chi connectivity index (χ4v) is 4.61. The molecule has 2 aliphatic heterocycles. The van der Waals surface area contributed by atoms with Crippen LogP contribution in [0.3, 0.4) is 0 Å². The van der Waals surface area contributed by atoms with Gasteiger partial charge in [-0.05, 0) is 11.4 Å². The predicted octanol–water partition coefficient (Wildman–Crippen LogP) is 0.999. The molecule has 1 saturated heterocycles. The molecule has 1 aromatic heterocycles. The molecule has 2 amide bonds. The van der Waals surface area contributed by atoms with Gasteiger partial charge in [0.05, 0.1) is 6.42 Å². The lowest BCUT2D eigenvalue weighted by Crippen LogP contribution is -2.70. The third kappa shape index (κ3) is 2.86. The number of carboxylic acids is 1. The van der Waals surface area contributed by atoms with Crippen LogP contribution in [0.2, 0.25) is 0 Å². The highest BCUT2D eigenvalue weighted by molar-refractivity contribution is 8.00. The number of carbonyl (C=O) groups is 3. The maximum atomic E-state index is 12.9. The molecule has 3 heterocycles. The van der Waals surface area contributed by atoms with Gasteiger partial charge >= 0.3 is 5.97 Å². The minimum atomic E-state index is -1.32. The van der Waals surface area contributed by atoms with Crippen LogP contribution in [0.15, 0.2) is 28.8 Å². The predicted molar refractivity (Wildman–Crippen MR) is 83.7 cm³/mol. The van der Waals surface area contributed by atoms with Crippen molar-refractivity contribution in [1.29, 1.82) is 0 Å². The summed E-state index contributed by atoms with van der Waals surface area (Å²) >= 11 is 2.71. The van der Waals surface area contributed by atoms with Gasteiger partial charge in [0.1, 0.15) is 23.8 Å². The highest BCUT2D eigenvalue weighted by Crippen LogP contribution is 2.40. The van der Waals surface area contributed by atoms with E-state index in [9.17, 15) is 23.9 Å². The number of hydrogen-bond acceptors (Lipinski definition) is 5. The molecule has 0 saturated carbocycles. The Bertz CT molecular complexity index is 689. The molecule has 0 spiro atoms. The first-order valence-electron chi connectivity index (χ1n) is 6.80. The maximum absolute atomic E-state index is 12.9. The van der Waals surface area contributed by atoms with E-state index in [0.717, 1.165) is 9.78 Å². The number of β-lactam (4-membered cyclic amide) rings is 1. The Morgan fingerprint density at radius 1 is 1.48 bits per heavy atom. The van der Waals surface area contributed by atoms with Crippen molar-refractivity contribution >= 4 is 40.9 Å². The number of fused-ring (bicyclic) bond motifs is 1. The van der Waals surface area contributed by atoms with E-state index in [2.05, 4.69) is 5.32 Å². The van der Waals surface area contributed by atoms with Crippen molar-refractivity contribution in [3.8, 4) is 0 Å². The van der Waals surface area contributed by atoms with E-state index in [-0.39, 0.29) is 29.4 Å². The molecule has 1 fully saturated rings. The molecule has 2 N–H and O–H groups in total. The second-order valence-electron chi connectivity index (χ2n) is 5.10. The molecule has 1 unspecified atom stereocenters. The normalized spacial score (nSPS) is 23.3. The Morgan fingerprint density at radius 2 is 2.26 bits per heavy atom. The van der Waals surface area contributed by atoms with Gasteiger partial charge in [0.2, 0.25) is 5.91 Å². The molecular weight excluding hydrogens is 343 g/mol. The van der Waals surface area contributed by atoms with Gasteiger partial charge in [-0.2, -0.15) is 0 Å². The third-order valence-electron chi connectivity index (χ3n) is 3.64. The van der Waals surface area contributed by atoms with Crippen LogP contribution in [0.1, 0.15) is 4.88 Å². The van der Waals surface area contributed by atoms with E-state index in [0.29, 0.717) is 0 Å². The van der Waals surface area contributed by atoms with Crippen LogP contribution in [0.5, 0.6) is 0 Å². The Labute approximate surface area is 139 Å². The van der Waals surface area contributed by atoms with Gasteiger partial charge in [-0.25, -0.2) is 9.18 Å². The zero-order valence-corrected chi connectivity index (χ0v) is 13.5. The van der Waals surface area contributed by atoms with E-state index in [1.807, 2.05) is 17.5 Å². The molecule has 2 atom stereocenters. The molecule has 0 aliphatic carbocycles. The smallest absolute Gasteiger partial charge is 0.352 e. The molecule has 23 heavy (non-hydrogen) atoms. The summed E-state index contributed by atoms with van der Waals surface area (Å²) in [5, 5.41) is 13.2. The number of nitrogens with one attached hydrogen (secondary N) is 1. The molecule has 1 aromatic rings. The Kier molecular flexibility index (Phi) is 4.40. The first-order valence-corrected chi connectivity index (χ1v) is 8.73. The fraction of sp³-hybridized carbons (Fsp3) is 0.357. The summed E-state index contributed by atoms with van der Waals surface area (Å²) < 4.78 is 12.9. The van der Waals surface area contributed by atoms with Gasteiger partial charge in [0.15, 0.2) is 0 Å². The lowest BCUT2D eigenvalue weighted by atomic mass is 10.0. The average Bonchev–Trinajstić information content (AvgIpc) is 3.03. The van der Waals surface area contributed by atoms with Crippen molar-refractivity contribution < 1.29 is 23.9 Å². The second-order valence-corrected chi connectivity index (χ2v) is 7.24. The van der Waals surface area contributed by atoms with Gasteiger partial charge in [-0.15, -0.1) is 23.1 Å². The summed E-state index contributed by atoms with van der Waals surface area (Å²) in [4.78, 5) is 37.4. The van der Waals surface area contributed by atoms with Gasteiger partial charge < -0.3 is 10.4 Å². The average molecular weight is 356 g/mol. The third-order valence-corrected chi connectivity index (χ3v) is 5.86. The van der Waals surface area contributed by atoms with Crippen molar-refractivity contribution in [3.63, 3.8) is 0 Å². The van der Waals surface area contributed by atoms with Crippen LogP contribution in [0.4, 0.5) is 4.39 Å². The quantitative estimate of drug-likeness (QED) is 0.769. The molecule has 0 bridgehead atoms. The fourth-order valence-electron chi connectivity index (χ4n) is 2.58. The topological polar surface area (TPSA) is 86.7 Å². The number of carboxylic acid groups (broad SMARTS) is 1. The number of nitrogens with zero attached hydrogens (tertiary/aromatic N) is 1. The van der Waals surface area contributed by atoms with Crippen molar-refractivity contribution in [2.45, 2.75) is 17.8 Å². The number of halogens is 1. The Hall–Kier alpha value is -1.87. The van der Waals surface area contributed by atoms with Crippen molar-refractivity contribution in [2.75, 3.05) is 12.4 Å². The highest BCUT2D eigenvalue weighted by Gasteiger charge is 2.54. The second kappa shape index (κ2) is 6.32. The Morgan fingerprint density at radius 3 is 2.87 bits per heavy atom. The summed E-state index contributed by atoms with van der Waals surface area (Å²) in [7, 11) is 0. The lowest BCUT2D eigenvalue weighted by Gasteiger charge is -2.49. The number of carbonyl (C=O) groups excluding carboxylic acids is 2. The lowest BCUT2D eigenvalue weighted by molar-refractivity contribution is -0.150. The van der Waals surface area contributed by atoms with Crippen molar-refractivity contribution in [3.05, 3.63) is 33.7 Å². The van der Waals surface area contributed by atoms with Crippen LogP contribution in [-0.4, -0.2) is 51.6 Å². The highest BCUT2D eigenvalue weighted by atomic mass is 32.2. The number of aliphatic carboxylic acids is 1. The molecule has 3 rings (SSSR count). The SMILES string of the molecule is O=C(Cc1cccs1)NC1C(=O)N2C(C(=O)O)=C(CF)CS[C@H]12. The molecule has 0 aromatic carbocycles. The van der Waals surface area contributed by atoms with E-state index >= 15 is 0 Å². The monoisotopic (exact) mass is 356 g/mol. The first-order chi connectivity index (χ1) is 11.0. The summed E-state index contributed by atoms with van der Waals surface area (Å²) in [6, 6.07) is 2.90. The summed E-state index contributed by atoms with van der Waals surface area (Å²) in [5.41, 5.74) is -0.194. The van der Waals surface area contributed by atoms with E-state index in [4.69, 9.17) is 0 Å². The molecular formula is C14H13FN2O4S2. The van der Waals surface area contributed by atoms with Gasteiger partial charge in [0.25, 0.3) is 5.91 Å². The zero-order chi connectivity index (χ0) is 16.6. The minimum Gasteiger partial charge on any atom is -0.477 e. The Balaban J connectivity index is 1.69. The molecule has 0 radical (unpaired) electrons. The van der Waals surface area contributed by atoms with E-state index in [1.54, 1.807) is 0 Å². The van der Waals surface area contributed by atoms with Gasteiger partial charge in [-0.1, -0.05) is 6.07 Å². The first kappa shape index (κ1) is 16.0. The van der Waals surface area contributed by atoms with Gasteiger partial charge in [-0.3, -0.25) is 14.5 Å². The van der Waals surface area contributed by atoms with Crippen LogP contribution in [0.25, 0.3) is 0 Å². The molecule has 6 nitrogen and oxygen atoms in total. The van der Waals surface area contributed by atoms with Crippen LogP contribution < -0.4 is 5.32 Å². The maximum Gasteiger partial charge on any atom is 0.352 e. The number of alkyl halides is 1. The zero-order valence-electron chi connectivity index (χ0n) is 11.8. The van der Waals surface area contributed by atoms with E-state index < -0.39 is 30.0 Å². The van der Waals surface area contributed by atoms with Gasteiger partial charge in [0, 0.05) is 16.2 Å². The standard InChI is InChI=1S/C14H13FN2O4S2/c15-5-7-6-23-13-10(12(19)17(13)11(7)14(20)21)16-9(18)4-8-2-1-3-22-8/h1-3,10,13H,4-6H2,(H,16,18)(H,20,21)/t10?,13-/m1/s1. The number of rotatable bonds is 5. The summed E-state index contributed by atoms with van der Waals surface area (Å²) in [6.45, 7) is -0.902. The largest absolute Gasteiger partial charge is 0.477 e. The minimum absolute atomic E-state index is 0.0930. The van der Waals surface area contributed by atoms with Crippen LogP contribution in [-0.2, 0) is 20.8 Å². The number of amides is 2. The number of thiophene rings is 1. The molecule has 2 aliphatic rings.